The van der Waals surface area contributed by atoms with Crippen LogP contribution in [0.5, 0.6) is 5.88 Å². The van der Waals surface area contributed by atoms with Crippen LogP contribution in [0.4, 0.5) is 5.95 Å². The van der Waals surface area contributed by atoms with Crippen molar-refractivity contribution in [1.29, 1.82) is 0 Å². The van der Waals surface area contributed by atoms with E-state index in [9.17, 15) is 0 Å². The maximum absolute atomic E-state index is 5.96. The minimum Gasteiger partial charge on any atom is -0.474 e. The van der Waals surface area contributed by atoms with E-state index in [1.807, 2.05) is 31.2 Å². The SMILES string of the molecule is CCNc1nc(OC2CCC2)c2ccccc2n1. The van der Waals surface area contributed by atoms with Gasteiger partial charge in [-0.3, -0.25) is 0 Å². The van der Waals surface area contributed by atoms with Gasteiger partial charge >= 0.3 is 0 Å². The predicted octanol–water partition coefficient (Wildman–Crippen LogP) is 2.99. The van der Waals surface area contributed by atoms with Gasteiger partial charge in [0.1, 0.15) is 6.10 Å². The molecule has 1 heterocycles. The third kappa shape index (κ3) is 2.10. The van der Waals surface area contributed by atoms with Gasteiger partial charge in [0.15, 0.2) is 0 Å². The zero-order chi connectivity index (χ0) is 12.4. The summed E-state index contributed by atoms with van der Waals surface area (Å²) in [6, 6.07) is 7.98. The summed E-state index contributed by atoms with van der Waals surface area (Å²) in [5.41, 5.74) is 0.928. The van der Waals surface area contributed by atoms with Crippen LogP contribution < -0.4 is 10.1 Å². The lowest BCUT2D eigenvalue weighted by atomic mass is 9.96. The molecule has 3 rings (SSSR count). The number of para-hydroxylation sites is 1. The fourth-order valence-electron chi connectivity index (χ4n) is 2.02. The second kappa shape index (κ2) is 4.80. The molecule has 0 spiro atoms. The molecule has 4 nitrogen and oxygen atoms in total. The van der Waals surface area contributed by atoms with E-state index in [2.05, 4.69) is 15.3 Å². The van der Waals surface area contributed by atoms with Gasteiger partial charge in [-0.25, -0.2) is 4.98 Å². The molecule has 1 N–H and O–H groups in total. The van der Waals surface area contributed by atoms with Gasteiger partial charge < -0.3 is 10.1 Å². The second-order valence-corrected chi connectivity index (χ2v) is 4.57. The van der Waals surface area contributed by atoms with E-state index in [0.29, 0.717) is 17.9 Å². The van der Waals surface area contributed by atoms with Crippen molar-refractivity contribution in [2.45, 2.75) is 32.3 Å². The Bertz CT molecular complexity index is 552. The molecule has 1 aromatic heterocycles. The molecule has 1 aliphatic carbocycles. The van der Waals surface area contributed by atoms with Gasteiger partial charge in [-0.15, -0.1) is 0 Å². The Morgan fingerprint density at radius 3 is 2.83 bits per heavy atom. The lowest BCUT2D eigenvalue weighted by molar-refractivity contribution is 0.117. The molecule has 1 saturated carbocycles. The highest BCUT2D eigenvalue weighted by atomic mass is 16.5. The standard InChI is InChI=1S/C14H17N3O/c1-2-15-14-16-12-9-4-3-8-11(12)13(17-14)18-10-6-5-7-10/h3-4,8-10H,2,5-7H2,1H3,(H,15,16,17). The third-order valence-electron chi connectivity index (χ3n) is 3.23. The lowest BCUT2D eigenvalue weighted by Crippen LogP contribution is -2.25. The van der Waals surface area contributed by atoms with E-state index in [1.54, 1.807) is 0 Å². The number of nitrogens with zero attached hydrogens (tertiary/aromatic N) is 2. The van der Waals surface area contributed by atoms with Crippen LogP contribution in [0.15, 0.2) is 24.3 Å². The van der Waals surface area contributed by atoms with Crippen LogP contribution >= 0.6 is 0 Å². The van der Waals surface area contributed by atoms with Crippen LogP contribution in [-0.2, 0) is 0 Å². The number of nitrogens with one attached hydrogen (secondary N) is 1. The van der Waals surface area contributed by atoms with E-state index in [-0.39, 0.29) is 0 Å². The van der Waals surface area contributed by atoms with Crippen molar-refractivity contribution in [3.8, 4) is 5.88 Å². The maximum Gasteiger partial charge on any atom is 0.226 e. The number of hydrogen-bond acceptors (Lipinski definition) is 4. The molecule has 0 atom stereocenters. The van der Waals surface area contributed by atoms with Crippen molar-refractivity contribution in [1.82, 2.24) is 9.97 Å². The summed E-state index contributed by atoms with van der Waals surface area (Å²) in [6.45, 7) is 2.84. The van der Waals surface area contributed by atoms with Crippen molar-refractivity contribution in [2.75, 3.05) is 11.9 Å². The van der Waals surface area contributed by atoms with Crippen molar-refractivity contribution in [2.24, 2.45) is 0 Å². The van der Waals surface area contributed by atoms with Gasteiger partial charge in [0, 0.05) is 6.54 Å². The van der Waals surface area contributed by atoms with Crippen LogP contribution in [0, 0.1) is 0 Å². The van der Waals surface area contributed by atoms with Crippen LogP contribution in [-0.4, -0.2) is 22.6 Å². The second-order valence-electron chi connectivity index (χ2n) is 4.57. The van der Waals surface area contributed by atoms with E-state index < -0.39 is 0 Å². The minimum atomic E-state index is 0.331. The fourth-order valence-corrected chi connectivity index (χ4v) is 2.02. The molecule has 0 bridgehead atoms. The Kier molecular flexibility index (Phi) is 3.00. The van der Waals surface area contributed by atoms with Gasteiger partial charge in [-0.05, 0) is 38.3 Å². The van der Waals surface area contributed by atoms with Gasteiger partial charge in [-0.1, -0.05) is 12.1 Å². The molecule has 0 amide bonds. The van der Waals surface area contributed by atoms with Crippen molar-refractivity contribution in [3.63, 3.8) is 0 Å². The summed E-state index contributed by atoms with van der Waals surface area (Å²) in [5, 5.41) is 4.14. The molecule has 1 aromatic carbocycles. The first-order valence-electron chi connectivity index (χ1n) is 6.54. The monoisotopic (exact) mass is 243 g/mol. The van der Waals surface area contributed by atoms with Gasteiger partial charge in [0.05, 0.1) is 10.9 Å². The molecule has 0 saturated heterocycles. The van der Waals surface area contributed by atoms with Crippen molar-refractivity contribution >= 4 is 16.9 Å². The summed E-state index contributed by atoms with van der Waals surface area (Å²) in [7, 11) is 0. The molecule has 4 heteroatoms. The smallest absolute Gasteiger partial charge is 0.226 e. The summed E-state index contributed by atoms with van der Waals surface area (Å²) < 4.78 is 5.96. The van der Waals surface area contributed by atoms with Crippen LogP contribution in [0.3, 0.4) is 0 Å². The van der Waals surface area contributed by atoms with Gasteiger partial charge in [0.2, 0.25) is 11.8 Å². The highest BCUT2D eigenvalue weighted by Gasteiger charge is 2.21. The van der Waals surface area contributed by atoms with Crippen molar-refractivity contribution < 1.29 is 4.74 Å². The Morgan fingerprint density at radius 2 is 2.11 bits per heavy atom. The summed E-state index contributed by atoms with van der Waals surface area (Å²) >= 11 is 0. The van der Waals surface area contributed by atoms with Crippen molar-refractivity contribution in [3.05, 3.63) is 24.3 Å². The highest BCUT2D eigenvalue weighted by Crippen LogP contribution is 2.29. The number of rotatable bonds is 4. The van der Waals surface area contributed by atoms with Crippen LogP contribution in [0.1, 0.15) is 26.2 Å². The number of hydrogen-bond donors (Lipinski definition) is 1. The number of ether oxygens (including phenoxy) is 1. The van der Waals surface area contributed by atoms with E-state index >= 15 is 0 Å². The summed E-state index contributed by atoms with van der Waals surface area (Å²) in [6.07, 6.45) is 3.86. The zero-order valence-corrected chi connectivity index (χ0v) is 10.5. The van der Waals surface area contributed by atoms with Crippen LogP contribution in [0.2, 0.25) is 0 Å². The number of fused-ring (bicyclic) bond motifs is 1. The first-order chi connectivity index (χ1) is 8.86. The molecular formula is C14H17N3O. The van der Waals surface area contributed by atoms with Gasteiger partial charge in [-0.2, -0.15) is 4.98 Å². The van der Waals surface area contributed by atoms with Gasteiger partial charge in [0.25, 0.3) is 0 Å². The average Bonchev–Trinajstić information content (AvgIpc) is 2.34. The Hall–Kier alpha value is -1.84. The molecular weight excluding hydrogens is 226 g/mol. The minimum absolute atomic E-state index is 0.331. The molecule has 0 aliphatic heterocycles. The largest absolute Gasteiger partial charge is 0.474 e. The number of benzene rings is 1. The van der Waals surface area contributed by atoms with Crippen LogP contribution in [0.25, 0.3) is 10.9 Å². The molecule has 94 valence electrons. The topological polar surface area (TPSA) is 47.0 Å². The average molecular weight is 243 g/mol. The summed E-state index contributed by atoms with van der Waals surface area (Å²) in [4.78, 5) is 8.94. The number of aromatic nitrogens is 2. The molecule has 2 aromatic rings. The van der Waals surface area contributed by atoms with E-state index in [1.165, 1.54) is 6.42 Å². The maximum atomic E-state index is 5.96. The Morgan fingerprint density at radius 1 is 1.28 bits per heavy atom. The fraction of sp³-hybridized carbons (Fsp3) is 0.429. The predicted molar refractivity (Wildman–Crippen MR) is 72.0 cm³/mol. The Balaban J connectivity index is 2.01. The first kappa shape index (κ1) is 11.3. The first-order valence-corrected chi connectivity index (χ1v) is 6.54. The highest BCUT2D eigenvalue weighted by molar-refractivity contribution is 5.84. The third-order valence-corrected chi connectivity index (χ3v) is 3.23. The molecule has 1 fully saturated rings. The van der Waals surface area contributed by atoms with E-state index in [0.717, 1.165) is 30.3 Å². The molecule has 1 aliphatic rings. The molecule has 0 radical (unpaired) electrons. The quantitative estimate of drug-likeness (QED) is 0.896. The molecule has 18 heavy (non-hydrogen) atoms. The zero-order valence-electron chi connectivity index (χ0n) is 10.5. The van der Waals surface area contributed by atoms with E-state index in [4.69, 9.17) is 4.74 Å². The summed E-state index contributed by atoms with van der Waals surface area (Å²) in [5.74, 6) is 1.35. The molecule has 0 unspecified atom stereocenters. The Labute approximate surface area is 106 Å². The number of anilines is 1. The lowest BCUT2D eigenvalue weighted by Gasteiger charge is -2.26. The normalized spacial score (nSPS) is 15.4.